The predicted molar refractivity (Wildman–Crippen MR) is 96.4 cm³/mol. The van der Waals surface area contributed by atoms with Gasteiger partial charge in [-0.25, -0.2) is 17.2 Å². The van der Waals surface area contributed by atoms with E-state index in [0.29, 0.717) is 13.1 Å². The average Bonchev–Trinajstić information content (AvgIpc) is 2.67. The van der Waals surface area contributed by atoms with Gasteiger partial charge in [-0.05, 0) is 29.7 Å². The van der Waals surface area contributed by atoms with Crippen LogP contribution >= 0.6 is 0 Å². The zero-order valence-corrected chi connectivity index (χ0v) is 15.6. The lowest BCUT2D eigenvalue weighted by Gasteiger charge is -2.35. The Labute approximate surface area is 157 Å². The predicted octanol–water partition coefficient (Wildman–Crippen LogP) is 2.73. The molecule has 0 aromatic heterocycles. The lowest BCUT2D eigenvalue weighted by atomic mass is 10.0. The van der Waals surface area contributed by atoms with Crippen LogP contribution in [0.1, 0.15) is 29.7 Å². The van der Waals surface area contributed by atoms with Crippen molar-refractivity contribution in [2.75, 3.05) is 19.6 Å². The Morgan fingerprint density at radius 2 is 1.85 bits per heavy atom. The van der Waals surface area contributed by atoms with Crippen molar-refractivity contribution in [1.82, 2.24) is 9.62 Å². The molecule has 0 spiro atoms. The number of aryl methyl sites for hydroxylation is 1. The van der Waals surface area contributed by atoms with E-state index in [2.05, 4.69) is 5.32 Å². The Bertz CT molecular complexity index is 962. The molecule has 0 bridgehead atoms. The van der Waals surface area contributed by atoms with Crippen molar-refractivity contribution in [3.63, 3.8) is 0 Å². The van der Waals surface area contributed by atoms with Crippen LogP contribution in [0.15, 0.2) is 41.3 Å². The fraction of sp³-hybridized carbons (Fsp3) is 0.316. The smallest absolute Gasteiger partial charge is 0.249 e. The zero-order valence-electron chi connectivity index (χ0n) is 14.7. The molecule has 2 aromatic rings. The third kappa shape index (κ3) is 3.72. The van der Waals surface area contributed by atoms with Crippen molar-refractivity contribution in [1.29, 1.82) is 5.26 Å². The normalized spacial score (nSPS) is 18.2. The maximum atomic E-state index is 14.4. The van der Waals surface area contributed by atoms with Gasteiger partial charge in [-0.1, -0.05) is 31.2 Å². The summed E-state index contributed by atoms with van der Waals surface area (Å²) >= 11 is 0. The molecule has 2 aromatic carbocycles. The second-order valence-corrected chi connectivity index (χ2v) is 8.14. The van der Waals surface area contributed by atoms with Crippen LogP contribution in [0.4, 0.5) is 8.78 Å². The quantitative estimate of drug-likeness (QED) is 0.870. The van der Waals surface area contributed by atoms with Gasteiger partial charge in [0.15, 0.2) is 4.90 Å². The number of sulfonamides is 1. The van der Waals surface area contributed by atoms with Crippen LogP contribution in [0, 0.1) is 23.0 Å². The van der Waals surface area contributed by atoms with Crippen molar-refractivity contribution in [2.45, 2.75) is 24.3 Å². The number of piperazine rings is 1. The van der Waals surface area contributed by atoms with Gasteiger partial charge in [0.25, 0.3) is 0 Å². The van der Waals surface area contributed by atoms with E-state index in [-0.39, 0.29) is 12.1 Å². The molecule has 0 aliphatic carbocycles. The molecule has 1 fully saturated rings. The molecular weight excluding hydrogens is 372 g/mol. The lowest BCUT2D eigenvalue weighted by molar-refractivity contribution is 0.269. The molecular formula is C19H19F2N3O2S. The number of hydrogen-bond donors (Lipinski definition) is 1. The number of nitrogens with one attached hydrogen (secondary N) is 1. The number of nitriles is 1. The molecule has 0 amide bonds. The number of hydrogen-bond acceptors (Lipinski definition) is 4. The molecule has 1 heterocycles. The van der Waals surface area contributed by atoms with Gasteiger partial charge in [-0.3, -0.25) is 0 Å². The molecule has 1 aliphatic rings. The van der Waals surface area contributed by atoms with Crippen molar-refractivity contribution in [2.24, 2.45) is 0 Å². The van der Waals surface area contributed by atoms with E-state index in [1.807, 2.05) is 31.2 Å². The van der Waals surface area contributed by atoms with Gasteiger partial charge in [0.2, 0.25) is 10.0 Å². The van der Waals surface area contributed by atoms with E-state index in [0.717, 1.165) is 34.0 Å². The second-order valence-electron chi connectivity index (χ2n) is 6.31. The first-order chi connectivity index (χ1) is 12.9. The first-order valence-electron chi connectivity index (χ1n) is 8.59. The van der Waals surface area contributed by atoms with Crippen LogP contribution in [0.25, 0.3) is 0 Å². The van der Waals surface area contributed by atoms with Crippen molar-refractivity contribution >= 4 is 10.0 Å². The Morgan fingerprint density at radius 3 is 2.41 bits per heavy atom. The molecule has 142 valence electrons. The Morgan fingerprint density at radius 1 is 1.22 bits per heavy atom. The topological polar surface area (TPSA) is 73.2 Å². The summed E-state index contributed by atoms with van der Waals surface area (Å²) in [6.07, 6.45) is 0.854. The van der Waals surface area contributed by atoms with E-state index in [4.69, 9.17) is 5.26 Å². The molecule has 27 heavy (non-hydrogen) atoms. The highest BCUT2D eigenvalue weighted by Gasteiger charge is 2.38. The van der Waals surface area contributed by atoms with Crippen LogP contribution < -0.4 is 5.32 Å². The maximum absolute atomic E-state index is 14.4. The van der Waals surface area contributed by atoms with E-state index in [1.54, 1.807) is 6.07 Å². The molecule has 0 radical (unpaired) electrons. The van der Waals surface area contributed by atoms with E-state index < -0.39 is 32.6 Å². The number of halogens is 2. The SMILES string of the molecule is CCc1ccc(C2CNCCN2S(=O)(=O)c2c(F)cc(C#N)cc2F)cc1. The third-order valence-corrected chi connectivity index (χ3v) is 6.62. The molecule has 1 N–H and O–H groups in total. The molecule has 1 aliphatic heterocycles. The van der Waals surface area contributed by atoms with Crippen molar-refractivity contribution in [3.8, 4) is 6.07 Å². The maximum Gasteiger partial charge on any atom is 0.249 e. The van der Waals surface area contributed by atoms with E-state index >= 15 is 0 Å². The molecule has 1 unspecified atom stereocenters. The third-order valence-electron chi connectivity index (χ3n) is 4.66. The first kappa shape index (κ1) is 19.4. The minimum absolute atomic E-state index is 0.0847. The summed E-state index contributed by atoms with van der Waals surface area (Å²) in [7, 11) is -4.43. The number of nitrogens with zero attached hydrogens (tertiary/aromatic N) is 2. The number of rotatable bonds is 4. The van der Waals surface area contributed by atoms with Gasteiger partial charge in [0.05, 0.1) is 17.7 Å². The van der Waals surface area contributed by atoms with Gasteiger partial charge in [-0.15, -0.1) is 0 Å². The van der Waals surface area contributed by atoms with Crippen LogP contribution in [-0.4, -0.2) is 32.4 Å². The van der Waals surface area contributed by atoms with Gasteiger partial charge < -0.3 is 5.32 Å². The first-order valence-corrected chi connectivity index (χ1v) is 10.0. The molecule has 3 rings (SSSR count). The Hall–Kier alpha value is -2.34. The fourth-order valence-corrected chi connectivity index (χ4v) is 4.93. The summed E-state index contributed by atoms with van der Waals surface area (Å²) < 4.78 is 56.0. The van der Waals surface area contributed by atoms with Gasteiger partial charge in [0.1, 0.15) is 11.6 Å². The Balaban J connectivity index is 2.04. The fourth-order valence-electron chi connectivity index (χ4n) is 3.22. The highest BCUT2D eigenvalue weighted by molar-refractivity contribution is 7.89. The highest BCUT2D eigenvalue weighted by Crippen LogP contribution is 2.32. The standard InChI is InChI=1S/C19H19F2N3O2S/c1-2-13-3-5-15(6-4-13)18-12-23-7-8-24(18)27(25,26)19-16(20)9-14(11-22)10-17(19)21/h3-6,9-10,18,23H,2,7-8,12H2,1H3. The zero-order chi connectivity index (χ0) is 19.6. The van der Waals surface area contributed by atoms with Crippen LogP contribution in [0.2, 0.25) is 0 Å². The average molecular weight is 391 g/mol. The molecule has 0 saturated carbocycles. The van der Waals surface area contributed by atoms with Gasteiger partial charge in [-0.2, -0.15) is 9.57 Å². The van der Waals surface area contributed by atoms with Crippen molar-refractivity contribution in [3.05, 3.63) is 64.7 Å². The lowest BCUT2D eigenvalue weighted by Crippen LogP contribution is -2.48. The molecule has 8 heteroatoms. The molecule has 5 nitrogen and oxygen atoms in total. The van der Waals surface area contributed by atoms with Crippen LogP contribution in [-0.2, 0) is 16.4 Å². The van der Waals surface area contributed by atoms with Gasteiger partial charge >= 0.3 is 0 Å². The summed E-state index contributed by atoms with van der Waals surface area (Å²) in [5.74, 6) is -2.52. The minimum Gasteiger partial charge on any atom is -0.313 e. The molecule has 1 saturated heterocycles. The summed E-state index contributed by atoms with van der Waals surface area (Å²) in [4.78, 5) is -1.02. The highest BCUT2D eigenvalue weighted by atomic mass is 32.2. The summed E-state index contributed by atoms with van der Waals surface area (Å²) in [6.45, 7) is 2.82. The monoisotopic (exact) mass is 391 g/mol. The van der Waals surface area contributed by atoms with Crippen LogP contribution in [0.3, 0.4) is 0 Å². The summed E-state index contributed by atoms with van der Waals surface area (Å²) in [5.41, 5.74) is 1.59. The largest absolute Gasteiger partial charge is 0.313 e. The van der Waals surface area contributed by atoms with E-state index in [1.165, 1.54) is 0 Å². The second kappa shape index (κ2) is 7.72. The summed E-state index contributed by atoms with van der Waals surface area (Å²) in [6, 6.07) is 10.0. The summed E-state index contributed by atoms with van der Waals surface area (Å²) in [5, 5.41) is 11.9. The van der Waals surface area contributed by atoms with Crippen molar-refractivity contribution < 1.29 is 17.2 Å². The van der Waals surface area contributed by atoms with Gasteiger partial charge in [0, 0.05) is 19.6 Å². The minimum atomic E-state index is -4.43. The van der Waals surface area contributed by atoms with E-state index in [9.17, 15) is 17.2 Å². The Kier molecular flexibility index (Phi) is 5.56. The van der Waals surface area contributed by atoms with Crippen LogP contribution in [0.5, 0.6) is 0 Å². The number of benzene rings is 2. The molecule has 1 atom stereocenters.